The van der Waals surface area contributed by atoms with Gasteiger partial charge < -0.3 is 10.2 Å². The first kappa shape index (κ1) is 29.7. The fourth-order valence-electron chi connectivity index (χ4n) is 6.12. The third kappa shape index (κ3) is 6.08. The number of carbonyl (C=O) groups excluding carboxylic acids is 2. The summed E-state index contributed by atoms with van der Waals surface area (Å²) in [5, 5.41) is 10.4. The number of imide groups is 1. The molecule has 7 nitrogen and oxygen atoms in total. The molecule has 1 atom stereocenters. The average molecular weight is 564 g/mol. The van der Waals surface area contributed by atoms with Gasteiger partial charge in [-0.25, -0.2) is 0 Å². The summed E-state index contributed by atoms with van der Waals surface area (Å²) < 4.78 is 44.7. The van der Waals surface area contributed by atoms with Crippen LogP contribution in [-0.4, -0.2) is 59.2 Å². The molecular weight excluding hydrogens is 530 g/mol. The highest BCUT2D eigenvalue weighted by Crippen LogP contribution is 2.44. The number of hydrogen-bond acceptors (Lipinski definition) is 5. The number of likely N-dealkylation sites (tertiary alicyclic amines) is 1. The van der Waals surface area contributed by atoms with Gasteiger partial charge in [-0.05, 0) is 75.7 Å². The Morgan fingerprint density at radius 2 is 1.70 bits per heavy atom. The lowest BCUT2D eigenvalue weighted by atomic mass is 9.84. The van der Waals surface area contributed by atoms with E-state index in [0.717, 1.165) is 45.6 Å². The molecule has 206 valence electrons. The van der Waals surface area contributed by atoms with Gasteiger partial charge in [0.15, 0.2) is 0 Å². The van der Waals surface area contributed by atoms with Gasteiger partial charge in [0, 0.05) is 25.4 Å². The Morgan fingerprint density at radius 1 is 1.03 bits per heavy atom. The van der Waals surface area contributed by atoms with Crippen molar-refractivity contribution in [2.24, 2.45) is 13.0 Å². The molecule has 0 spiro atoms. The monoisotopic (exact) mass is 563 g/mol. The summed E-state index contributed by atoms with van der Waals surface area (Å²) in [6.45, 7) is 4.72. The van der Waals surface area contributed by atoms with Crippen molar-refractivity contribution in [2.45, 2.75) is 56.5 Å². The quantitative estimate of drug-likeness (QED) is 0.547. The zero-order valence-electron chi connectivity index (χ0n) is 20.8. The molecule has 37 heavy (non-hydrogen) atoms. The van der Waals surface area contributed by atoms with Crippen LogP contribution in [0, 0.1) is 5.92 Å². The molecule has 3 fully saturated rings. The van der Waals surface area contributed by atoms with Gasteiger partial charge in [-0.2, -0.15) is 18.3 Å². The summed E-state index contributed by atoms with van der Waals surface area (Å²) in [5.41, 5.74) is 0.0119. The Kier molecular flexibility index (Phi) is 9.53. The molecule has 0 aliphatic carbocycles. The number of piperidine rings is 3. The van der Waals surface area contributed by atoms with E-state index < -0.39 is 23.6 Å². The number of nitrogens with zero attached hydrogens (tertiary/aromatic N) is 3. The molecule has 4 heterocycles. The van der Waals surface area contributed by atoms with E-state index in [-0.39, 0.29) is 55.0 Å². The maximum atomic E-state index is 14.5. The highest BCUT2D eigenvalue weighted by molar-refractivity contribution is 6.02. The largest absolute Gasteiger partial charge is 0.418 e. The fraction of sp³-hybridized carbons (Fsp3) is 0.640. The van der Waals surface area contributed by atoms with Crippen LogP contribution >= 0.6 is 24.8 Å². The molecular formula is C25H34Cl2F3N5O2. The number of hydrogen-bond donors (Lipinski definition) is 2. The van der Waals surface area contributed by atoms with Gasteiger partial charge >= 0.3 is 6.18 Å². The Hall–Kier alpha value is -1.88. The predicted octanol–water partition coefficient (Wildman–Crippen LogP) is 4.13. The third-order valence-electron chi connectivity index (χ3n) is 7.92. The second-order valence-corrected chi connectivity index (χ2v) is 10.2. The van der Waals surface area contributed by atoms with Crippen LogP contribution < -0.4 is 10.6 Å². The number of fused-ring (bicyclic) bond motifs is 1. The average Bonchev–Trinajstić information content (AvgIpc) is 3.15. The molecule has 1 aromatic heterocycles. The number of amides is 2. The number of aryl methyl sites for hydroxylation is 1. The number of nitrogens with one attached hydrogen (secondary N) is 2. The molecule has 5 rings (SSSR count). The van der Waals surface area contributed by atoms with E-state index in [1.54, 1.807) is 12.1 Å². The summed E-state index contributed by atoms with van der Waals surface area (Å²) in [4.78, 5) is 26.4. The van der Waals surface area contributed by atoms with Crippen molar-refractivity contribution in [2.75, 3.05) is 32.7 Å². The van der Waals surface area contributed by atoms with Crippen LogP contribution in [0.2, 0.25) is 0 Å². The lowest BCUT2D eigenvalue weighted by Gasteiger charge is -2.36. The van der Waals surface area contributed by atoms with Gasteiger partial charge in [0.05, 0.1) is 22.7 Å². The van der Waals surface area contributed by atoms with Gasteiger partial charge in [0.25, 0.3) is 0 Å². The van der Waals surface area contributed by atoms with E-state index in [1.165, 1.54) is 11.7 Å². The van der Waals surface area contributed by atoms with E-state index >= 15 is 0 Å². The number of carbonyl (C=O) groups is 2. The SMILES string of the molecule is Cl.Cl.Cn1nc(C2CCC(=O)NC2=O)c2ccc(C3CCN(CC4CCNCC4)CC3)c(C(F)(F)F)c21. The van der Waals surface area contributed by atoms with Crippen molar-refractivity contribution in [3.8, 4) is 0 Å². The van der Waals surface area contributed by atoms with Crippen LogP contribution in [0.5, 0.6) is 0 Å². The van der Waals surface area contributed by atoms with Crippen LogP contribution in [0.25, 0.3) is 10.9 Å². The molecule has 1 aromatic carbocycles. The Morgan fingerprint density at radius 3 is 2.32 bits per heavy atom. The number of benzene rings is 1. The molecule has 1 unspecified atom stereocenters. The first-order chi connectivity index (χ1) is 16.7. The fourth-order valence-corrected chi connectivity index (χ4v) is 6.12. The van der Waals surface area contributed by atoms with Crippen molar-refractivity contribution in [3.05, 3.63) is 29.0 Å². The number of aromatic nitrogens is 2. The van der Waals surface area contributed by atoms with Crippen molar-refractivity contribution >= 4 is 47.5 Å². The lowest BCUT2D eigenvalue weighted by Crippen LogP contribution is -2.40. The molecule has 3 saturated heterocycles. The molecule has 2 amide bonds. The molecule has 2 N–H and O–H groups in total. The zero-order valence-corrected chi connectivity index (χ0v) is 22.4. The second-order valence-electron chi connectivity index (χ2n) is 10.2. The zero-order chi connectivity index (χ0) is 24.7. The van der Waals surface area contributed by atoms with Crippen LogP contribution in [0.3, 0.4) is 0 Å². The van der Waals surface area contributed by atoms with Gasteiger partial charge in [-0.3, -0.25) is 19.6 Å². The van der Waals surface area contributed by atoms with E-state index in [1.807, 2.05) is 0 Å². The van der Waals surface area contributed by atoms with Crippen LogP contribution in [0.15, 0.2) is 12.1 Å². The lowest BCUT2D eigenvalue weighted by molar-refractivity contribution is -0.137. The first-order valence-corrected chi connectivity index (χ1v) is 12.6. The Bertz CT molecular complexity index is 1130. The number of alkyl halides is 3. The van der Waals surface area contributed by atoms with E-state index in [4.69, 9.17) is 0 Å². The summed E-state index contributed by atoms with van der Waals surface area (Å²) in [5.74, 6) is -1.11. The summed E-state index contributed by atoms with van der Waals surface area (Å²) >= 11 is 0. The minimum absolute atomic E-state index is 0. The Balaban J connectivity index is 0.00000190. The van der Waals surface area contributed by atoms with Crippen LogP contribution in [-0.2, 0) is 22.8 Å². The maximum Gasteiger partial charge on any atom is 0.418 e. The second kappa shape index (κ2) is 11.9. The number of halogens is 5. The molecule has 2 aromatic rings. The third-order valence-corrected chi connectivity index (χ3v) is 7.92. The first-order valence-electron chi connectivity index (χ1n) is 12.6. The highest BCUT2D eigenvalue weighted by Gasteiger charge is 2.41. The smallest absolute Gasteiger partial charge is 0.317 e. The van der Waals surface area contributed by atoms with Crippen molar-refractivity contribution in [1.82, 2.24) is 25.3 Å². The molecule has 12 heteroatoms. The van der Waals surface area contributed by atoms with Gasteiger partial charge in [-0.1, -0.05) is 12.1 Å². The molecule has 3 aliphatic heterocycles. The Labute approximate surface area is 226 Å². The van der Waals surface area contributed by atoms with Gasteiger partial charge in [0.1, 0.15) is 0 Å². The summed E-state index contributed by atoms with van der Waals surface area (Å²) in [6.07, 6.45) is -0.453. The van der Waals surface area contributed by atoms with Crippen molar-refractivity contribution in [1.29, 1.82) is 0 Å². The van der Waals surface area contributed by atoms with E-state index in [0.29, 0.717) is 35.4 Å². The minimum atomic E-state index is -4.54. The van der Waals surface area contributed by atoms with Crippen LogP contribution in [0.4, 0.5) is 13.2 Å². The standard InChI is InChI=1S/C25H32F3N5O2.2ClH/c1-32-23-18(22(31-32)19-4-5-20(34)30-24(19)35)3-2-17(21(23)25(26,27)28)16-8-12-33(13-9-16)14-15-6-10-29-11-7-15;;/h2-3,15-16,19,29H,4-14H2,1H3,(H,30,34,35);2*1H. The topological polar surface area (TPSA) is 79.3 Å². The molecule has 0 bridgehead atoms. The summed E-state index contributed by atoms with van der Waals surface area (Å²) in [6, 6.07) is 3.28. The maximum absolute atomic E-state index is 14.5. The van der Waals surface area contributed by atoms with Gasteiger partial charge in [-0.15, -0.1) is 24.8 Å². The molecule has 0 radical (unpaired) electrons. The van der Waals surface area contributed by atoms with Crippen LogP contribution in [0.1, 0.15) is 67.2 Å². The minimum Gasteiger partial charge on any atom is -0.317 e. The molecule has 0 saturated carbocycles. The number of rotatable bonds is 4. The van der Waals surface area contributed by atoms with Gasteiger partial charge in [0.2, 0.25) is 11.8 Å². The predicted molar refractivity (Wildman–Crippen MR) is 139 cm³/mol. The van der Waals surface area contributed by atoms with Crippen molar-refractivity contribution in [3.63, 3.8) is 0 Å². The normalized spacial score (nSPS) is 22.4. The molecule has 3 aliphatic rings. The van der Waals surface area contributed by atoms with E-state index in [2.05, 4.69) is 20.6 Å². The van der Waals surface area contributed by atoms with Crippen molar-refractivity contribution < 1.29 is 22.8 Å². The highest BCUT2D eigenvalue weighted by atomic mass is 35.5. The van der Waals surface area contributed by atoms with E-state index in [9.17, 15) is 22.8 Å². The summed E-state index contributed by atoms with van der Waals surface area (Å²) in [7, 11) is 1.50.